The fourth-order valence-corrected chi connectivity index (χ4v) is 10.6. The highest BCUT2D eigenvalue weighted by Crippen LogP contribution is 2.18. The van der Waals surface area contributed by atoms with Crippen molar-refractivity contribution in [2.75, 3.05) is 13.2 Å². The molecule has 6 nitrogen and oxygen atoms in total. The molecule has 0 radical (unpaired) electrons. The second kappa shape index (κ2) is 67.1. The molecule has 0 N–H and O–H groups in total. The third-order valence-corrected chi connectivity index (χ3v) is 15.9. The van der Waals surface area contributed by atoms with Crippen LogP contribution in [0.15, 0.2) is 36.5 Å². The summed E-state index contributed by atoms with van der Waals surface area (Å²) in [4.78, 5) is 38.3. The third-order valence-electron chi connectivity index (χ3n) is 15.9. The Kier molecular flexibility index (Phi) is 65.1. The number of rotatable bonds is 65. The Hall–Kier alpha value is -2.37. The maximum atomic E-state index is 12.9. The number of allylic oxidation sites excluding steroid dienone is 6. The monoisotopic (exact) mass is 1100 g/mol. The average Bonchev–Trinajstić information content (AvgIpc) is 3.44. The standard InChI is InChI=1S/C72H134O6/c1-4-7-10-13-16-19-21-23-25-27-29-31-33-35-37-38-40-42-44-46-48-50-53-56-59-62-65-71(74)77-68-69(67-76-70(73)64-61-58-55-52-18-15-12-9-6-3)78-72(75)66-63-60-57-54-51-49-47-45-43-41-39-36-34-32-30-28-26-24-22-20-17-14-11-8-5-2/h22,24,28,30,34,36,69H,4-21,23,25-27,29,31-33,35,37-68H2,1-3H3/b24-22-,30-28-,36-34-. The molecule has 0 fully saturated rings. The molecule has 0 heterocycles. The summed E-state index contributed by atoms with van der Waals surface area (Å²) < 4.78 is 16.9. The first kappa shape index (κ1) is 75.6. The first-order valence-corrected chi connectivity index (χ1v) is 35.0. The number of unbranched alkanes of at least 4 members (excludes halogenated alkanes) is 48. The van der Waals surface area contributed by atoms with Gasteiger partial charge in [0, 0.05) is 19.3 Å². The van der Waals surface area contributed by atoms with Crippen LogP contribution in [0.1, 0.15) is 387 Å². The van der Waals surface area contributed by atoms with Crippen LogP contribution in [-0.4, -0.2) is 37.2 Å². The summed E-state index contributed by atoms with van der Waals surface area (Å²) in [6.45, 7) is 6.68. The molecule has 458 valence electrons. The Morgan fingerprint density at radius 3 is 0.718 bits per heavy atom. The Morgan fingerprint density at radius 1 is 0.256 bits per heavy atom. The molecule has 0 saturated heterocycles. The summed E-state index contributed by atoms with van der Waals surface area (Å²) in [6, 6.07) is 0. The van der Waals surface area contributed by atoms with E-state index in [1.807, 2.05) is 0 Å². The van der Waals surface area contributed by atoms with Gasteiger partial charge in [-0.05, 0) is 57.8 Å². The van der Waals surface area contributed by atoms with Crippen molar-refractivity contribution in [3.63, 3.8) is 0 Å². The van der Waals surface area contributed by atoms with E-state index in [-0.39, 0.29) is 31.1 Å². The van der Waals surface area contributed by atoms with E-state index in [0.29, 0.717) is 19.3 Å². The molecule has 0 saturated carbocycles. The Morgan fingerprint density at radius 2 is 0.462 bits per heavy atom. The lowest BCUT2D eigenvalue weighted by molar-refractivity contribution is -0.167. The summed E-state index contributed by atoms with van der Waals surface area (Å²) >= 11 is 0. The second-order valence-electron chi connectivity index (χ2n) is 23.8. The molecule has 0 aliphatic heterocycles. The quantitative estimate of drug-likeness (QED) is 0.0261. The molecule has 0 aliphatic rings. The van der Waals surface area contributed by atoms with Crippen molar-refractivity contribution in [1.29, 1.82) is 0 Å². The number of hydrogen-bond donors (Lipinski definition) is 0. The zero-order valence-electron chi connectivity index (χ0n) is 52.7. The van der Waals surface area contributed by atoms with Gasteiger partial charge in [-0.25, -0.2) is 0 Å². The molecule has 0 aromatic heterocycles. The summed E-state index contributed by atoms with van der Waals surface area (Å²) in [5.74, 6) is -0.848. The van der Waals surface area contributed by atoms with Crippen LogP contribution in [0.2, 0.25) is 0 Å². The lowest BCUT2D eigenvalue weighted by Gasteiger charge is -2.18. The van der Waals surface area contributed by atoms with Gasteiger partial charge in [-0.2, -0.15) is 0 Å². The average molecular weight is 1100 g/mol. The SMILES string of the molecule is CCCCCCC/C=C\C/C=C\C/C=C\CCCCCCCCCCCCC(=O)OC(COC(=O)CCCCCCCCCCC)COC(=O)CCCCCCCCCCCCCCCCCCCCCCCCCCCC. The van der Waals surface area contributed by atoms with Crippen LogP contribution in [0.5, 0.6) is 0 Å². The Bertz CT molecular complexity index is 1300. The van der Waals surface area contributed by atoms with Gasteiger partial charge in [0.1, 0.15) is 13.2 Å². The molecule has 0 aromatic carbocycles. The van der Waals surface area contributed by atoms with Crippen LogP contribution < -0.4 is 0 Å². The fourth-order valence-electron chi connectivity index (χ4n) is 10.6. The molecule has 1 unspecified atom stereocenters. The first-order chi connectivity index (χ1) is 38.5. The van der Waals surface area contributed by atoms with E-state index >= 15 is 0 Å². The maximum absolute atomic E-state index is 12.9. The van der Waals surface area contributed by atoms with Crippen molar-refractivity contribution in [3.05, 3.63) is 36.5 Å². The number of carbonyl (C=O) groups is 3. The summed E-state index contributed by atoms with van der Waals surface area (Å²) in [5, 5.41) is 0. The van der Waals surface area contributed by atoms with Gasteiger partial charge in [0.2, 0.25) is 0 Å². The lowest BCUT2D eigenvalue weighted by Crippen LogP contribution is -2.30. The van der Waals surface area contributed by atoms with Crippen LogP contribution in [0.25, 0.3) is 0 Å². The predicted molar refractivity (Wildman–Crippen MR) is 339 cm³/mol. The van der Waals surface area contributed by atoms with Crippen molar-refractivity contribution in [3.8, 4) is 0 Å². The summed E-state index contributed by atoms with van der Waals surface area (Å²) in [7, 11) is 0. The van der Waals surface area contributed by atoms with E-state index in [0.717, 1.165) is 70.6 Å². The van der Waals surface area contributed by atoms with Gasteiger partial charge in [-0.15, -0.1) is 0 Å². The summed E-state index contributed by atoms with van der Waals surface area (Å²) in [5.41, 5.74) is 0. The fraction of sp³-hybridized carbons (Fsp3) is 0.875. The van der Waals surface area contributed by atoms with Gasteiger partial charge in [0.25, 0.3) is 0 Å². The number of esters is 3. The van der Waals surface area contributed by atoms with Crippen molar-refractivity contribution in [2.45, 2.75) is 393 Å². The molecule has 0 aliphatic carbocycles. The molecule has 78 heavy (non-hydrogen) atoms. The molecule has 0 bridgehead atoms. The zero-order chi connectivity index (χ0) is 56.4. The van der Waals surface area contributed by atoms with Crippen molar-refractivity contribution >= 4 is 17.9 Å². The number of carbonyl (C=O) groups excluding carboxylic acids is 3. The van der Waals surface area contributed by atoms with E-state index in [1.54, 1.807) is 0 Å². The zero-order valence-corrected chi connectivity index (χ0v) is 52.7. The molecular weight excluding hydrogens is 961 g/mol. The van der Waals surface area contributed by atoms with Crippen molar-refractivity contribution < 1.29 is 28.6 Å². The van der Waals surface area contributed by atoms with Crippen LogP contribution in [0, 0.1) is 0 Å². The van der Waals surface area contributed by atoms with Gasteiger partial charge in [0.05, 0.1) is 0 Å². The van der Waals surface area contributed by atoms with Crippen LogP contribution in [0.4, 0.5) is 0 Å². The largest absolute Gasteiger partial charge is 0.462 e. The normalized spacial score (nSPS) is 12.2. The third kappa shape index (κ3) is 64.5. The minimum atomic E-state index is -0.771. The van der Waals surface area contributed by atoms with Crippen LogP contribution in [-0.2, 0) is 28.6 Å². The van der Waals surface area contributed by atoms with Gasteiger partial charge in [-0.3, -0.25) is 14.4 Å². The smallest absolute Gasteiger partial charge is 0.306 e. The number of hydrogen-bond acceptors (Lipinski definition) is 6. The number of ether oxygens (including phenoxy) is 3. The minimum absolute atomic E-state index is 0.0681. The highest BCUT2D eigenvalue weighted by Gasteiger charge is 2.19. The molecular formula is C72H134O6. The molecule has 0 rings (SSSR count). The second-order valence-corrected chi connectivity index (χ2v) is 23.8. The molecule has 1 atom stereocenters. The van der Waals surface area contributed by atoms with Crippen LogP contribution >= 0.6 is 0 Å². The Labute approximate surface area is 486 Å². The van der Waals surface area contributed by atoms with E-state index < -0.39 is 6.10 Å². The van der Waals surface area contributed by atoms with Gasteiger partial charge in [-0.1, -0.05) is 346 Å². The van der Waals surface area contributed by atoms with Gasteiger partial charge >= 0.3 is 17.9 Å². The topological polar surface area (TPSA) is 78.9 Å². The van der Waals surface area contributed by atoms with E-state index in [1.165, 1.54) is 276 Å². The first-order valence-electron chi connectivity index (χ1n) is 35.0. The van der Waals surface area contributed by atoms with Crippen LogP contribution in [0.3, 0.4) is 0 Å². The summed E-state index contributed by atoms with van der Waals surface area (Å²) in [6.07, 6.45) is 83.3. The van der Waals surface area contributed by atoms with Crippen molar-refractivity contribution in [2.24, 2.45) is 0 Å². The lowest BCUT2D eigenvalue weighted by atomic mass is 10.0. The van der Waals surface area contributed by atoms with Crippen molar-refractivity contribution in [1.82, 2.24) is 0 Å². The highest BCUT2D eigenvalue weighted by molar-refractivity contribution is 5.71. The van der Waals surface area contributed by atoms with Gasteiger partial charge in [0.15, 0.2) is 6.10 Å². The molecule has 6 heteroatoms. The molecule has 0 aromatic rings. The molecule has 0 amide bonds. The Balaban J connectivity index is 4.13. The maximum Gasteiger partial charge on any atom is 0.306 e. The highest BCUT2D eigenvalue weighted by atomic mass is 16.6. The van der Waals surface area contributed by atoms with E-state index in [2.05, 4.69) is 57.2 Å². The van der Waals surface area contributed by atoms with Gasteiger partial charge < -0.3 is 14.2 Å². The van der Waals surface area contributed by atoms with E-state index in [9.17, 15) is 14.4 Å². The van der Waals surface area contributed by atoms with E-state index in [4.69, 9.17) is 14.2 Å². The minimum Gasteiger partial charge on any atom is -0.462 e. The predicted octanol–water partition coefficient (Wildman–Crippen LogP) is 23.9. The molecule has 0 spiro atoms.